The second kappa shape index (κ2) is 6.89. The standard InChI is InChI=1S/C9H18N6O3/c1-3-4-6(17-2)18-15(5-16)9-13-7(10)12-8(11)14-9/h6,16H,3-5H2,1-2H3,(H4,10,11,12,13,14). The molecule has 1 aromatic rings. The highest BCUT2D eigenvalue weighted by Gasteiger charge is 2.17. The van der Waals surface area contributed by atoms with Gasteiger partial charge < -0.3 is 21.3 Å². The summed E-state index contributed by atoms with van der Waals surface area (Å²) in [5.41, 5.74) is 10.9. The normalized spacial score (nSPS) is 12.4. The lowest BCUT2D eigenvalue weighted by molar-refractivity contribution is -0.147. The molecule has 1 aromatic heterocycles. The molecule has 0 aromatic carbocycles. The van der Waals surface area contributed by atoms with Crippen LogP contribution in [0.5, 0.6) is 0 Å². The Morgan fingerprint density at radius 1 is 1.28 bits per heavy atom. The van der Waals surface area contributed by atoms with E-state index in [0.717, 1.165) is 11.5 Å². The van der Waals surface area contributed by atoms with Crippen LogP contribution in [0.25, 0.3) is 0 Å². The third-order valence-corrected chi connectivity index (χ3v) is 2.04. The average Bonchev–Trinajstić information content (AvgIpc) is 2.33. The van der Waals surface area contributed by atoms with Crippen LogP contribution in [-0.4, -0.2) is 40.2 Å². The van der Waals surface area contributed by atoms with E-state index in [1.54, 1.807) is 0 Å². The first-order valence-corrected chi connectivity index (χ1v) is 5.45. The number of hydroxylamine groups is 1. The molecule has 1 rings (SSSR count). The number of nitrogens with two attached hydrogens (primary N) is 2. The third kappa shape index (κ3) is 3.95. The molecule has 0 saturated heterocycles. The first-order chi connectivity index (χ1) is 8.60. The Morgan fingerprint density at radius 2 is 1.89 bits per heavy atom. The van der Waals surface area contributed by atoms with Crippen molar-refractivity contribution in [1.29, 1.82) is 0 Å². The van der Waals surface area contributed by atoms with Crippen LogP contribution in [0.2, 0.25) is 0 Å². The predicted octanol–water partition coefficient (Wildman–Crippen LogP) is -0.504. The fraction of sp³-hybridized carbons (Fsp3) is 0.667. The minimum absolute atomic E-state index is 0.0284. The molecule has 0 aliphatic carbocycles. The monoisotopic (exact) mass is 258 g/mol. The summed E-state index contributed by atoms with van der Waals surface area (Å²) in [6, 6.07) is 0. The van der Waals surface area contributed by atoms with Crippen LogP contribution in [0.1, 0.15) is 19.8 Å². The summed E-state index contributed by atoms with van der Waals surface area (Å²) in [5.74, 6) is -0.0753. The number of aliphatic hydroxyl groups excluding tert-OH is 1. The quantitative estimate of drug-likeness (QED) is 0.437. The number of ether oxygens (including phenoxy) is 1. The molecule has 0 aliphatic heterocycles. The molecule has 0 amide bonds. The lowest BCUT2D eigenvalue weighted by Crippen LogP contribution is -2.33. The topological polar surface area (TPSA) is 133 Å². The second-order valence-electron chi connectivity index (χ2n) is 3.43. The number of hydrogen-bond donors (Lipinski definition) is 3. The zero-order valence-corrected chi connectivity index (χ0v) is 10.4. The van der Waals surface area contributed by atoms with Gasteiger partial charge >= 0.3 is 0 Å². The van der Waals surface area contributed by atoms with E-state index in [2.05, 4.69) is 15.0 Å². The van der Waals surface area contributed by atoms with Gasteiger partial charge in [0.25, 0.3) is 5.95 Å². The molecule has 0 aliphatic rings. The van der Waals surface area contributed by atoms with E-state index < -0.39 is 13.0 Å². The number of hydrogen-bond acceptors (Lipinski definition) is 9. The van der Waals surface area contributed by atoms with Crippen LogP contribution in [-0.2, 0) is 9.57 Å². The minimum atomic E-state index is -0.513. The van der Waals surface area contributed by atoms with Gasteiger partial charge in [-0.15, -0.1) is 0 Å². The minimum Gasteiger partial charge on any atom is -0.374 e. The second-order valence-corrected chi connectivity index (χ2v) is 3.43. The number of nitrogen functional groups attached to an aromatic ring is 2. The fourth-order valence-electron chi connectivity index (χ4n) is 1.24. The van der Waals surface area contributed by atoms with Crippen molar-refractivity contribution in [2.75, 3.05) is 30.4 Å². The molecule has 18 heavy (non-hydrogen) atoms. The molecule has 1 atom stereocenters. The zero-order valence-electron chi connectivity index (χ0n) is 10.4. The van der Waals surface area contributed by atoms with E-state index in [0.29, 0.717) is 6.42 Å². The number of rotatable bonds is 7. The largest absolute Gasteiger partial charge is 0.374 e. The summed E-state index contributed by atoms with van der Waals surface area (Å²) in [7, 11) is 1.51. The van der Waals surface area contributed by atoms with Crippen LogP contribution < -0.4 is 16.5 Å². The number of aromatic nitrogens is 3. The van der Waals surface area contributed by atoms with Crippen molar-refractivity contribution in [3.8, 4) is 0 Å². The van der Waals surface area contributed by atoms with Gasteiger partial charge in [-0.1, -0.05) is 13.3 Å². The number of nitrogens with zero attached hydrogens (tertiary/aromatic N) is 4. The molecular weight excluding hydrogens is 240 g/mol. The highest BCUT2D eigenvalue weighted by Crippen LogP contribution is 2.13. The molecule has 0 radical (unpaired) electrons. The van der Waals surface area contributed by atoms with E-state index in [1.165, 1.54) is 7.11 Å². The lowest BCUT2D eigenvalue weighted by atomic mass is 10.3. The Labute approximate surface area is 105 Å². The molecule has 5 N–H and O–H groups in total. The summed E-state index contributed by atoms with van der Waals surface area (Å²) in [6.45, 7) is 1.52. The predicted molar refractivity (Wildman–Crippen MR) is 65.0 cm³/mol. The van der Waals surface area contributed by atoms with Gasteiger partial charge in [0.05, 0.1) is 0 Å². The van der Waals surface area contributed by atoms with Gasteiger partial charge in [0.15, 0.2) is 6.29 Å². The number of anilines is 3. The summed E-state index contributed by atoms with van der Waals surface area (Å²) < 4.78 is 5.10. The highest BCUT2D eigenvalue weighted by molar-refractivity contribution is 5.37. The molecule has 0 bridgehead atoms. The van der Waals surface area contributed by atoms with Gasteiger partial charge in [0.2, 0.25) is 11.9 Å². The average molecular weight is 258 g/mol. The molecule has 102 valence electrons. The van der Waals surface area contributed by atoms with Crippen LogP contribution in [0.15, 0.2) is 0 Å². The Bertz CT molecular complexity index is 357. The van der Waals surface area contributed by atoms with Gasteiger partial charge in [0, 0.05) is 13.5 Å². The summed E-state index contributed by atoms with van der Waals surface area (Å²) >= 11 is 0. The zero-order chi connectivity index (χ0) is 13.5. The maximum atomic E-state index is 9.24. The van der Waals surface area contributed by atoms with E-state index in [9.17, 15) is 5.11 Å². The number of aliphatic hydroxyl groups is 1. The van der Waals surface area contributed by atoms with Crippen LogP contribution >= 0.6 is 0 Å². The first-order valence-electron chi connectivity index (χ1n) is 5.45. The number of methoxy groups -OCH3 is 1. The van der Waals surface area contributed by atoms with Crippen molar-refractivity contribution in [2.24, 2.45) is 0 Å². The molecule has 0 fully saturated rings. The van der Waals surface area contributed by atoms with E-state index >= 15 is 0 Å². The van der Waals surface area contributed by atoms with Gasteiger partial charge in [0.1, 0.15) is 6.73 Å². The van der Waals surface area contributed by atoms with E-state index in [4.69, 9.17) is 21.0 Å². The van der Waals surface area contributed by atoms with Gasteiger partial charge in [-0.2, -0.15) is 20.0 Å². The van der Waals surface area contributed by atoms with Crippen molar-refractivity contribution in [3.05, 3.63) is 0 Å². The van der Waals surface area contributed by atoms with Crippen LogP contribution in [0, 0.1) is 0 Å². The Hall–Kier alpha value is -1.71. The van der Waals surface area contributed by atoms with Crippen molar-refractivity contribution < 1.29 is 14.7 Å². The Kier molecular flexibility index (Phi) is 5.49. The van der Waals surface area contributed by atoms with Gasteiger partial charge in [-0.05, 0) is 0 Å². The van der Waals surface area contributed by atoms with Crippen molar-refractivity contribution in [1.82, 2.24) is 15.0 Å². The maximum absolute atomic E-state index is 9.24. The van der Waals surface area contributed by atoms with Gasteiger partial charge in [-0.3, -0.25) is 0 Å². The molecule has 9 nitrogen and oxygen atoms in total. The highest BCUT2D eigenvalue weighted by atomic mass is 16.8. The summed E-state index contributed by atoms with van der Waals surface area (Å²) in [6.07, 6.45) is 1.00. The lowest BCUT2D eigenvalue weighted by Gasteiger charge is -2.24. The van der Waals surface area contributed by atoms with Crippen LogP contribution in [0.3, 0.4) is 0 Å². The van der Waals surface area contributed by atoms with Crippen molar-refractivity contribution in [2.45, 2.75) is 26.1 Å². The smallest absolute Gasteiger partial charge is 0.258 e. The molecule has 9 heteroatoms. The first kappa shape index (κ1) is 14.4. The summed E-state index contributed by atoms with van der Waals surface area (Å²) in [4.78, 5) is 16.6. The summed E-state index contributed by atoms with van der Waals surface area (Å²) in [5, 5.41) is 10.3. The molecule has 1 heterocycles. The van der Waals surface area contributed by atoms with Gasteiger partial charge in [-0.25, -0.2) is 4.84 Å². The SMILES string of the molecule is CCCC(OC)ON(CO)c1nc(N)nc(N)n1. The Morgan fingerprint density at radius 3 is 2.33 bits per heavy atom. The van der Waals surface area contributed by atoms with Crippen molar-refractivity contribution in [3.63, 3.8) is 0 Å². The molecule has 1 unspecified atom stereocenters. The third-order valence-electron chi connectivity index (χ3n) is 2.04. The molecule has 0 spiro atoms. The van der Waals surface area contributed by atoms with E-state index in [1.807, 2.05) is 6.92 Å². The molecule has 0 saturated carbocycles. The maximum Gasteiger partial charge on any atom is 0.258 e. The Balaban J connectivity index is 2.81. The van der Waals surface area contributed by atoms with Crippen molar-refractivity contribution >= 4 is 17.8 Å². The van der Waals surface area contributed by atoms with E-state index in [-0.39, 0.29) is 17.8 Å². The molecular formula is C9H18N6O3. The van der Waals surface area contributed by atoms with Crippen LogP contribution in [0.4, 0.5) is 17.8 Å². The fourth-order valence-corrected chi connectivity index (χ4v) is 1.24.